The summed E-state index contributed by atoms with van der Waals surface area (Å²) < 4.78 is 0. The molecular formula is C12H24N2O. The van der Waals surface area contributed by atoms with Crippen molar-refractivity contribution in [3.05, 3.63) is 0 Å². The Morgan fingerprint density at radius 2 is 2.20 bits per heavy atom. The average Bonchev–Trinajstić information content (AvgIpc) is 2.18. The molecule has 1 rings (SSSR count). The molecule has 1 N–H and O–H groups in total. The molecule has 1 atom stereocenters. The van der Waals surface area contributed by atoms with E-state index in [4.69, 9.17) is 0 Å². The molecular weight excluding hydrogens is 188 g/mol. The maximum atomic E-state index is 11.7. The number of rotatable bonds is 6. The summed E-state index contributed by atoms with van der Waals surface area (Å²) in [6.45, 7) is 5.67. The Bertz CT molecular complexity index is 202. The lowest BCUT2D eigenvalue weighted by Crippen LogP contribution is -2.41. The van der Waals surface area contributed by atoms with E-state index in [1.807, 2.05) is 11.9 Å². The molecule has 1 unspecified atom stereocenters. The van der Waals surface area contributed by atoms with Gasteiger partial charge in [-0.25, -0.2) is 0 Å². The van der Waals surface area contributed by atoms with Gasteiger partial charge in [0, 0.05) is 19.6 Å². The molecule has 0 bridgehead atoms. The van der Waals surface area contributed by atoms with Gasteiger partial charge in [0.25, 0.3) is 0 Å². The largest absolute Gasteiger partial charge is 0.344 e. The first-order valence-corrected chi connectivity index (χ1v) is 6.10. The fourth-order valence-electron chi connectivity index (χ4n) is 1.71. The minimum absolute atomic E-state index is 0.224. The highest BCUT2D eigenvalue weighted by molar-refractivity contribution is 5.78. The third-order valence-corrected chi connectivity index (χ3v) is 3.40. The van der Waals surface area contributed by atoms with Gasteiger partial charge in [-0.15, -0.1) is 0 Å². The summed E-state index contributed by atoms with van der Waals surface area (Å²) in [5, 5.41) is 3.23. The molecule has 0 aromatic rings. The van der Waals surface area contributed by atoms with E-state index >= 15 is 0 Å². The van der Waals surface area contributed by atoms with E-state index in [-0.39, 0.29) is 5.91 Å². The third kappa shape index (κ3) is 4.20. The van der Waals surface area contributed by atoms with E-state index in [0.717, 1.165) is 18.9 Å². The summed E-state index contributed by atoms with van der Waals surface area (Å²) in [4.78, 5) is 13.6. The highest BCUT2D eigenvalue weighted by atomic mass is 16.2. The van der Waals surface area contributed by atoms with Crippen LogP contribution in [0.4, 0.5) is 0 Å². The van der Waals surface area contributed by atoms with Crippen LogP contribution in [0.5, 0.6) is 0 Å². The molecule has 88 valence electrons. The van der Waals surface area contributed by atoms with Crippen LogP contribution in [0.2, 0.25) is 0 Å². The molecule has 15 heavy (non-hydrogen) atoms. The third-order valence-electron chi connectivity index (χ3n) is 3.40. The molecule has 0 spiro atoms. The van der Waals surface area contributed by atoms with Crippen molar-refractivity contribution in [2.45, 2.75) is 45.6 Å². The first-order chi connectivity index (χ1) is 7.13. The predicted octanol–water partition coefficient (Wildman–Crippen LogP) is 1.63. The van der Waals surface area contributed by atoms with Gasteiger partial charge in [-0.2, -0.15) is 0 Å². The van der Waals surface area contributed by atoms with Crippen LogP contribution in [0.3, 0.4) is 0 Å². The van der Waals surface area contributed by atoms with Gasteiger partial charge in [0.2, 0.25) is 5.91 Å². The van der Waals surface area contributed by atoms with E-state index in [0.29, 0.717) is 12.6 Å². The quantitative estimate of drug-likeness (QED) is 0.726. The maximum absolute atomic E-state index is 11.7. The molecule has 1 aliphatic carbocycles. The Labute approximate surface area is 93.2 Å². The molecule has 0 aromatic heterocycles. The number of nitrogens with zero attached hydrogens (tertiary/aromatic N) is 1. The fourth-order valence-corrected chi connectivity index (χ4v) is 1.71. The fraction of sp³-hybridized carbons (Fsp3) is 0.917. The van der Waals surface area contributed by atoms with Gasteiger partial charge in [-0.1, -0.05) is 13.3 Å². The number of nitrogens with one attached hydrogen (secondary N) is 1. The summed E-state index contributed by atoms with van der Waals surface area (Å²) in [6.07, 6.45) is 5.02. The normalized spacial score (nSPS) is 18.3. The lowest BCUT2D eigenvalue weighted by atomic mass is 9.85. The SMILES string of the molecule is CCC(C)NCC(=O)N(C)CC1CCC1. The van der Waals surface area contributed by atoms with Crippen LogP contribution in [0.1, 0.15) is 39.5 Å². The molecule has 1 saturated carbocycles. The topological polar surface area (TPSA) is 32.3 Å². The van der Waals surface area contributed by atoms with Crippen LogP contribution in [-0.4, -0.2) is 37.0 Å². The number of hydrogen-bond donors (Lipinski definition) is 1. The molecule has 1 fully saturated rings. The van der Waals surface area contributed by atoms with Crippen LogP contribution in [-0.2, 0) is 4.79 Å². The standard InChI is InChI=1S/C12H24N2O/c1-4-10(2)13-8-12(15)14(3)9-11-6-5-7-11/h10-11,13H,4-9H2,1-3H3. The maximum Gasteiger partial charge on any atom is 0.236 e. The van der Waals surface area contributed by atoms with Crippen LogP contribution < -0.4 is 5.32 Å². The second-order valence-electron chi connectivity index (χ2n) is 4.76. The Hall–Kier alpha value is -0.570. The van der Waals surface area contributed by atoms with Gasteiger partial charge in [0.15, 0.2) is 0 Å². The minimum Gasteiger partial charge on any atom is -0.344 e. The highest BCUT2D eigenvalue weighted by Gasteiger charge is 2.21. The first kappa shape index (κ1) is 12.5. The summed E-state index contributed by atoms with van der Waals surface area (Å²) in [5.74, 6) is 0.991. The van der Waals surface area contributed by atoms with E-state index in [2.05, 4.69) is 19.2 Å². The average molecular weight is 212 g/mol. The summed E-state index contributed by atoms with van der Waals surface area (Å²) in [6, 6.07) is 0.436. The number of carbonyl (C=O) groups excluding carboxylic acids is 1. The second-order valence-corrected chi connectivity index (χ2v) is 4.76. The zero-order chi connectivity index (χ0) is 11.3. The highest BCUT2D eigenvalue weighted by Crippen LogP contribution is 2.26. The van der Waals surface area contributed by atoms with Gasteiger partial charge in [0.1, 0.15) is 0 Å². The van der Waals surface area contributed by atoms with Crippen LogP contribution >= 0.6 is 0 Å². The smallest absolute Gasteiger partial charge is 0.236 e. The summed E-state index contributed by atoms with van der Waals surface area (Å²) in [5.41, 5.74) is 0. The Morgan fingerprint density at radius 1 is 1.53 bits per heavy atom. The van der Waals surface area contributed by atoms with Crippen molar-refractivity contribution in [2.75, 3.05) is 20.1 Å². The van der Waals surface area contributed by atoms with Crippen LogP contribution in [0, 0.1) is 5.92 Å². The summed E-state index contributed by atoms with van der Waals surface area (Å²) in [7, 11) is 1.92. The Kier molecular flexibility index (Phi) is 5.09. The molecule has 0 radical (unpaired) electrons. The Balaban J connectivity index is 2.14. The molecule has 0 saturated heterocycles. The van der Waals surface area contributed by atoms with Gasteiger partial charge in [-0.3, -0.25) is 4.79 Å². The van der Waals surface area contributed by atoms with Crippen LogP contribution in [0.25, 0.3) is 0 Å². The zero-order valence-corrected chi connectivity index (χ0v) is 10.3. The van der Waals surface area contributed by atoms with Crippen molar-refractivity contribution >= 4 is 5.91 Å². The molecule has 3 nitrogen and oxygen atoms in total. The van der Waals surface area contributed by atoms with Crippen molar-refractivity contribution in [3.8, 4) is 0 Å². The van der Waals surface area contributed by atoms with E-state index in [1.54, 1.807) is 0 Å². The lowest BCUT2D eigenvalue weighted by Gasteiger charge is -2.30. The van der Waals surface area contributed by atoms with Crippen molar-refractivity contribution in [2.24, 2.45) is 5.92 Å². The molecule has 0 aromatic carbocycles. The van der Waals surface area contributed by atoms with E-state index in [9.17, 15) is 4.79 Å². The number of hydrogen-bond acceptors (Lipinski definition) is 2. The number of amides is 1. The molecule has 1 aliphatic rings. The van der Waals surface area contributed by atoms with E-state index in [1.165, 1.54) is 19.3 Å². The number of carbonyl (C=O) groups is 1. The first-order valence-electron chi connectivity index (χ1n) is 6.10. The molecule has 1 amide bonds. The van der Waals surface area contributed by atoms with E-state index < -0.39 is 0 Å². The summed E-state index contributed by atoms with van der Waals surface area (Å²) >= 11 is 0. The van der Waals surface area contributed by atoms with Gasteiger partial charge >= 0.3 is 0 Å². The van der Waals surface area contributed by atoms with Crippen molar-refractivity contribution in [1.29, 1.82) is 0 Å². The number of likely N-dealkylation sites (N-methyl/N-ethyl adjacent to an activating group) is 1. The van der Waals surface area contributed by atoms with Crippen molar-refractivity contribution < 1.29 is 4.79 Å². The second kappa shape index (κ2) is 6.11. The van der Waals surface area contributed by atoms with Crippen LogP contribution in [0.15, 0.2) is 0 Å². The molecule has 0 aliphatic heterocycles. The van der Waals surface area contributed by atoms with Gasteiger partial charge in [0.05, 0.1) is 6.54 Å². The minimum atomic E-state index is 0.224. The monoisotopic (exact) mass is 212 g/mol. The Morgan fingerprint density at radius 3 is 2.67 bits per heavy atom. The molecule has 3 heteroatoms. The zero-order valence-electron chi connectivity index (χ0n) is 10.3. The molecule has 0 heterocycles. The van der Waals surface area contributed by atoms with Gasteiger partial charge < -0.3 is 10.2 Å². The lowest BCUT2D eigenvalue weighted by molar-refractivity contribution is -0.130. The predicted molar refractivity (Wildman–Crippen MR) is 62.7 cm³/mol. The van der Waals surface area contributed by atoms with Crippen molar-refractivity contribution in [1.82, 2.24) is 10.2 Å². The van der Waals surface area contributed by atoms with Gasteiger partial charge in [-0.05, 0) is 32.1 Å². The van der Waals surface area contributed by atoms with Crippen molar-refractivity contribution in [3.63, 3.8) is 0 Å².